The van der Waals surface area contributed by atoms with Crippen LogP contribution in [0.4, 0.5) is 0 Å². The monoisotopic (exact) mass is 310 g/mol. The van der Waals surface area contributed by atoms with Gasteiger partial charge in [0.05, 0.1) is 17.5 Å². The van der Waals surface area contributed by atoms with Gasteiger partial charge in [-0.15, -0.1) is 0 Å². The lowest BCUT2D eigenvalue weighted by atomic mass is 10.2. The average molecular weight is 310 g/mol. The van der Waals surface area contributed by atoms with Crippen molar-refractivity contribution in [3.63, 3.8) is 0 Å². The number of carbonyl (C=O) groups is 1. The predicted octanol–water partition coefficient (Wildman–Crippen LogP) is 1.03. The van der Waals surface area contributed by atoms with E-state index < -0.39 is 9.84 Å². The number of hydrogen-bond acceptors (Lipinski definition) is 4. The van der Waals surface area contributed by atoms with Gasteiger partial charge in [0.2, 0.25) is 0 Å². The second kappa shape index (κ2) is 4.89. The summed E-state index contributed by atoms with van der Waals surface area (Å²) in [5.41, 5.74) is 0.540. The van der Waals surface area contributed by atoms with E-state index in [1.165, 1.54) is 11.8 Å². The molecule has 20 heavy (non-hydrogen) atoms. The molecule has 0 aliphatic carbocycles. The molecule has 2 heterocycles. The van der Waals surface area contributed by atoms with Gasteiger partial charge in [-0.2, -0.15) is 4.99 Å². The molecule has 2 fully saturated rings. The van der Waals surface area contributed by atoms with E-state index in [4.69, 9.17) is 0 Å². The van der Waals surface area contributed by atoms with E-state index in [1.54, 1.807) is 31.3 Å². The lowest BCUT2D eigenvalue weighted by Crippen LogP contribution is -2.34. The molecule has 0 aromatic heterocycles. The van der Waals surface area contributed by atoms with Crippen LogP contribution in [0.2, 0.25) is 0 Å². The summed E-state index contributed by atoms with van der Waals surface area (Å²) in [5, 5.41) is 0.607. The van der Waals surface area contributed by atoms with Gasteiger partial charge in [0.25, 0.3) is 5.91 Å². The number of hydrogen-bond donors (Lipinski definition) is 0. The van der Waals surface area contributed by atoms with Gasteiger partial charge in [0.1, 0.15) is 0 Å². The number of amidine groups is 1. The molecule has 1 aromatic rings. The third-order valence-corrected chi connectivity index (χ3v) is 6.85. The third kappa shape index (κ3) is 2.47. The first-order valence-electron chi connectivity index (χ1n) is 6.24. The molecular formula is C13H14N2O3S2. The summed E-state index contributed by atoms with van der Waals surface area (Å²) >= 11 is 1.39. The van der Waals surface area contributed by atoms with Gasteiger partial charge >= 0.3 is 0 Å². The van der Waals surface area contributed by atoms with E-state index in [0.717, 1.165) is 0 Å². The van der Waals surface area contributed by atoms with Crippen molar-refractivity contribution >= 4 is 32.7 Å². The number of amides is 1. The van der Waals surface area contributed by atoms with Crippen LogP contribution in [0.25, 0.3) is 0 Å². The van der Waals surface area contributed by atoms with Crippen LogP contribution in [0.15, 0.2) is 35.3 Å². The Bertz CT molecular complexity index is 670. The quantitative estimate of drug-likeness (QED) is 0.775. The minimum atomic E-state index is -2.94. The van der Waals surface area contributed by atoms with Crippen LogP contribution in [-0.4, -0.2) is 54.2 Å². The largest absolute Gasteiger partial charge is 0.349 e. The van der Waals surface area contributed by atoms with E-state index in [2.05, 4.69) is 4.99 Å². The van der Waals surface area contributed by atoms with Crippen LogP contribution in [-0.2, 0) is 9.84 Å². The minimum absolute atomic E-state index is 0.00711. The first-order chi connectivity index (χ1) is 9.46. The van der Waals surface area contributed by atoms with Gasteiger partial charge < -0.3 is 4.90 Å². The van der Waals surface area contributed by atoms with Crippen LogP contribution in [0.5, 0.6) is 0 Å². The van der Waals surface area contributed by atoms with Crippen molar-refractivity contribution < 1.29 is 13.2 Å². The first kappa shape index (κ1) is 13.6. The summed E-state index contributed by atoms with van der Waals surface area (Å²) in [7, 11) is -1.14. The van der Waals surface area contributed by atoms with E-state index in [1.807, 2.05) is 11.0 Å². The molecule has 106 valence electrons. The summed E-state index contributed by atoms with van der Waals surface area (Å²) in [6.07, 6.45) is 0. The van der Waals surface area contributed by atoms with Crippen molar-refractivity contribution in [3.8, 4) is 0 Å². The molecule has 0 bridgehead atoms. The zero-order valence-corrected chi connectivity index (χ0v) is 12.5. The summed E-state index contributed by atoms with van der Waals surface area (Å²) in [4.78, 5) is 18.0. The van der Waals surface area contributed by atoms with Crippen molar-refractivity contribution in [2.45, 2.75) is 11.3 Å². The second-order valence-electron chi connectivity index (χ2n) is 4.98. The highest BCUT2D eigenvalue weighted by molar-refractivity contribution is 8.15. The number of aliphatic imine (C=N–C) groups is 1. The van der Waals surface area contributed by atoms with Crippen LogP contribution in [0.1, 0.15) is 10.4 Å². The van der Waals surface area contributed by atoms with Crippen molar-refractivity contribution in [2.75, 3.05) is 18.6 Å². The Balaban J connectivity index is 1.80. The number of benzene rings is 1. The molecule has 0 unspecified atom stereocenters. The highest BCUT2D eigenvalue weighted by Gasteiger charge is 2.47. The Morgan fingerprint density at radius 1 is 1.30 bits per heavy atom. The molecule has 1 amide bonds. The molecule has 3 rings (SSSR count). The summed E-state index contributed by atoms with van der Waals surface area (Å²) in [6, 6.07) is 8.80. The number of sulfone groups is 1. The zero-order chi connectivity index (χ0) is 14.3. The maximum Gasteiger partial charge on any atom is 0.279 e. The molecule has 1 aromatic carbocycles. The second-order valence-corrected chi connectivity index (χ2v) is 8.34. The van der Waals surface area contributed by atoms with E-state index in [9.17, 15) is 13.2 Å². The molecule has 0 saturated carbocycles. The van der Waals surface area contributed by atoms with Crippen LogP contribution < -0.4 is 0 Å². The van der Waals surface area contributed by atoms with Crippen molar-refractivity contribution in [1.82, 2.24) is 4.90 Å². The molecule has 2 aliphatic heterocycles. The van der Waals surface area contributed by atoms with E-state index >= 15 is 0 Å². The Morgan fingerprint density at radius 3 is 2.65 bits per heavy atom. The van der Waals surface area contributed by atoms with Crippen molar-refractivity contribution in [2.24, 2.45) is 4.99 Å². The maximum absolute atomic E-state index is 12.0. The zero-order valence-electron chi connectivity index (χ0n) is 10.9. The first-order valence-corrected chi connectivity index (χ1v) is 8.94. The molecule has 7 heteroatoms. The third-order valence-electron chi connectivity index (χ3n) is 3.55. The topological polar surface area (TPSA) is 66.8 Å². The smallest absolute Gasteiger partial charge is 0.279 e. The van der Waals surface area contributed by atoms with Gasteiger partial charge in [-0.3, -0.25) is 4.79 Å². The minimum Gasteiger partial charge on any atom is -0.349 e. The fraction of sp³-hybridized carbons (Fsp3) is 0.385. The standard InChI is InChI=1S/C13H14N2O3S2/c1-15-10-7-20(17,18)8-11(10)19-13(15)14-12(16)9-5-3-2-4-6-9/h2-6,10-11H,7-8H2,1H3/t10-,11+/m1/s1. The average Bonchev–Trinajstić information content (AvgIpc) is 2.85. The van der Waals surface area contributed by atoms with Gasteiger partial charge in [-0.1, -0.05) is 30.0 Å². The molecule has 0 N–H and O–H groups in total. The Morgan fingerprint density at radius 2 is 2.00 bits per heavy atom. The molecule has 5 nitrogen and oxygen atoms in total. The Labute approximate surface area is 122 Å². The molecule has 0 spiro atoms. The number of rotatable bonds is 1. The maximum atomic E-state index is 12.0. The van der Waals surface area contributed by atoms with Crippen LogP contribution >= 0.6 is 11.8 Å². The number of carbonyl (C=O) groups excluding carboxylic acids is 1. The number of fused-ring (bicyclic) bond motifs is 1. The van der Waals surface area contributed by atoms with Crippen LogP contribution in [0.3, 0.4) is 0 Å². The van der Waals surface area contributed by atoms with Crippen molar-refractivity contribution in [3.05, 3.63) is 35.9 Å². The highest BCUT2D eigenvalue weighted by atomic mass is 32.2. The van der Waals surface area contributed by atoms with Crippen molar-refractivity contribution in [1.29, 1.82) is 0 Å². The number of nitrogens with zero attached hydrogens (tertiary/aromatic N) is 2. The fourth-order valence-corrected chi connectivity index (χ4v) is 6.46. The van der Waals surface area contributed by atoms with Gasteiger partial charge in [-0.05, 0) is 12.1 Å². The van der Waals surface area contributed by atoms with Crippen LogP contribution in [0, 0.1) is 0 Å². The Hall–Kier alpha value is -1.34. The highest BCUT2D eigenvalue weighted by Crippen LogP contribution is 2.37. The SMILES string of the molecule is CN1C(=NC(=O)c2ccccc2)S[C@H]2CS(=O)(=O)C[C@H]21. The van der Waals surface area contributed by atoms with Gasteiger partial charge in [0.15, 0.2) is 15.0 Å². The van der Waals surface area contributed by atoms with Gasteiger partial charge in [-0.25, -0.2) is 8.42 Å². The number of thioether (sulfide) groups is 1. The molecular weight excluding hydrogens is 296 g/mol. The lowest BCUT2D eigenvalue weighted by molar-refractivity contribution is 0.100. The lowest BCUT2D eigenvalue weighted by Gasteiger charge is -2.17. The molecule has 2 aliphatic rings. The van der Waals surface area contributed by atoms with E-state index in [-0.39, 0.29) is 28.7 Å². The molecule has 0 radical (unpaired) electrons. The fourth-order valence-electron chi connectivity index (χ4n) is 2.47. The van der Waals surface area contributed by atoms with Gasteiger partial charge in [0, 0.05) is 17.9 Å². The molecule has 2 atom stereocenters. The summed E-state index contributed by atoms with van der Waals surface area (Å²) in [6.45, 7) is 0. The molecule has 2 saturated heterocycles. The predicted molar refractivity (Wildman–Crippen MR) is 79.8 cm³/mol. The normalized spacial score (nSPS) is 29.6. The van der Waals surface area contributed by atoms with E-state index in [0.29, 0.717) is 10.7 Å². The Kier molecular flexibility index (Phi) is 3.33. The summed E-state index contributed by atoms with van der Waals surface area (Å²) in [5.74, 6) is 0.0352. The summed E-state index contributed by atoms with van der Waals surface area (Å²) < 4.78 is 23.2.